The first-order chi connectivity index (χ1) is 53.8. The first-order valence-corrected chi connectivity index (χ1v) is 50.4. The number of rotatable bonds is 90. The monoisotopic (exact) mass is 1620 g/mol. The van der Waals surface area contributed by atoms with Gasteiger partial charge in [0.15, 0.2) is 12.2 Å². The summed E-state index contributed by atoms with van der Waals surface area (Å²) in [5.74, 6) is 0.384. The summed E-state index contributed by atoms with van der Waals surface area (Å²) in [6, 6.07) is 0. The number of ether oxygens (including phenoxy) is 4. The van der Waals surface area contributed by atoms with Crippen LogP contribution in [-0.4, -0.2) is 96.7 Å². The van der Waals surface area contributed by atoms with E-state index in [1.54, 1.807) is 0 Å². The van der Waals surface area contributed by atoms with Gasteiger partial charge in [-0.15, -0.1) is 0 Å². The minimum atomic E-state index is -4.97. The van der Waals surface area contributed by atoms with Crippen molar-refractivity contribution in [1.29, 1.82) is 0 Å². The highest BCUT2D eigenvalue weighted by molar-refractivity contribution is 7.47. The Bertz CT molecular complexity index is 2130. The van der Waals surface area contributed by atoms with E-state index in [4.69, 9.17) is 37.0 Å². The topological polar surface area (TPSA) is 237 Å². The summed E-state index contributed by atoms with van der Waals surface area (Å²) in [5, 5.41) is 10.7. The fourth-order valence-electron chi connectivity index (χ4n) is 14.4. The average molecular weight is 1620 g/mol. The van der Waals surface area contributed by atoms with Crippen LogP contribution in [0.4, 0.5) is 0 Å². The number of hydrogen-bond acceptors (Lipinski definition) is 15. The third-order valence-electron chi connectivity index (χ3n) is 22.0. The molecule has 0 fully saturated rings. The van der Waals surface area contributed by atoms with Gasteiger partial charge in [-0.05, 0) is 43.4 Å². The van der Waals surface area contributed by atoms with Crippen LogP contribution in [-0.2, 0) is 65.4 Å². The van der Waals surface area contributed by atoms with Gasteiger partial charge in [0.25, 0.3) is 0 Å². The maximum absolute atomic E-state index is 13.2. The predicted octanol–water partition coefficient (Wildman–Crippen LogP) is 28.4. The number of hydrogen-bond donors (Lipinski definition) is 3. The predicted molar refractivity (Wildman–Crippen MR) is 460 cm³/mol. The number of carbonyl (C=O) groups is 4. The zero-order valence-corrected chi connectivity index (χ0v) is 75.2. The van der Waals surface area contributed by atoms with Crippen LogP contribution in [0, 0.1) is 17.8 Å². The van der Waals surface area contributed by atoms with Crippen molar-refractivity contribution in [2.75, 3.05) is 39.6 Å². The molecule has 0 aliphatic heterocycles. The van der Waals surface area contributed by atoms with Crippen molar-refractivity contribution in [3.8, 4) is 0 Å². The molecule has 0 rings (SSSR count). The van der Waals surface area contributed by atoms with Gasteiger partial charge in [-0.3, -0.25) is 37.3 Å². The lowest BCUT2D eigenvalue weighted by molar-refractivity contribution is -0.161. The van der Waals surface area contributed by atoms with E-state index < -0.39 is 97.5 Å². The van der Waals surface area contributed by atoms with E-state index in [9.17, 15) is 43.2 Å². The highest BCUT2D eigenvalue weighted by Gasteiger charge is 2.31. The molecule has 0 heterocycles. The summed E-state index contributed by atoms with van der Waals surface area (Å²) >= 11 is 0. The second-order valence-electron chi connectivity index (χ2n) is 34.2. The number of aliphatic hydroxyl groups excluding tert-OH is 1. The van der Waals surface area contributed by atoms with Crippen molar-refractivity contribution in [3.63, 3.8) is 0 Å². The van der Waals surface area contributed by atoms with Crippen LogP contribution in [0.2, 0.25) is 0 Å². The van der Waals surface area contributed by atoms with Crippen molar-refractivity contribution in [2.45, 2.75) is 510 Å². The Morgan fingerprint density at radius 1 is 0.261 bits per heavy atom. The first-order valence-electron chi connectivity index (χ1n) is 47.4. The van der Waals surface area contributed by atoms with Crippen molar-refractivity contribution < 1.29 is 80.2 Å². The van der Waals surface area contributed by atoms with E-state index in [1.807, 2.05) is 0 Å². The van der Waals surface area contributed by atoms with Crippen molar-refractivity contribution in [3.05, 3.63) is 0 Å². The van der Waals surface area contributed by atoms with Crippen LogP contribution in [0.25, 0.3) is 0 Å². The lowest BCUT2D eigenvalue weighted by Crippen LogP contribution is -2.30. The molecule has 0 saturated carbocycles. The van der Waals surface area contributed by atoms with Crippen LogP contribution >= 0.6 is 15.6 Å². The Labute approximate surface area is 683 Å². The van der Waals surface area contributed by atoms with Gasteiger partial charge in [0.05, 0.1) is 26.4 Å². The quantitative estimate of drug-likeness (QED) is 0.0222. The summed E-state index contributed by atoms with van der Waals surface area (Å²) in [7, 11) is -9.94. The summed E-state index contributed by atoms with van der Waals surface area (Å²) in [5.41, 5.74) is 0. The Morgan fingerprint density at radius 2 is 0.459 bits per heavy atom. The molecule has 6 atom stereocenters. The minimum Gasteiger partial charge on any atom is -0.462 e. The lowest BCUT2D eigenvalue weighted by Gasteiger charge is -2.21. The minimum absolute atomic E-state index is 0.108. The zero-order chi connectivity index (χ0) is 81.5. The number of esters is 4. The van der Waals surface area contributed by atoms with E-state index >= 15 is 0 Å². The highest BCUT2D eigenvalue weighted by Crippen LogP contribution is 2.45. The van der Waals surface area contributed by atoms with E-state index in [1.165, 1.54) is 302 Å². The molecule has 0 aromatic rings. The Hall–Kier alpha value is -1.94. The van der Waals surface area contributed by atoms with Crippen LogP contribution in [0.3, 0.4) is 0 Å². The number of phosphoric ester groups is 2. The van der Waals surface area contributed by atoms with Gasteiger partial charge in [0.2, 0.25) is 0 Å². The summed E-state index contributed by atoms with van der Waals surface area (Å²) < 4.78 is 69.1. The average Bonchev–Trinajstić information content (AvgIpc) is 0.898. The molecule has 3 N–H and O–H groups in total. The Morgan fingerprint density at radius 3 is 0.685 bits per heavy atom. The van der Waals surface area contributed by atoms with Gasteiger partial charge < -0.3 is 33.8 Å². The number of unbranched alkanes of at least 4 members (excludes halogenated alkanes) is 57. The van der Waals surface area contributed by atoms with Crippen LogP contribution in [0.15, 0.2) is 0 Å². The van der Waals surface area contributed by atoms with Crippen LogP contribution in [0.1, 0.15) is 492 Å². The van der Waals surface area contributed by atoms with Crippen molar-refractivity contribution >= 4 is 39.5 Å². The molecule has 111 heavy (non-hydrogen) atoms. The molecule has 0 aliphatic rings. The molecule has 0 radical (unpaired) electrons. The molecule has 17 nitrogen and oxygen atoms in total. The normalized spacial score (nSPS) is 14.0. The standard InChI is InChI=1S/C92H180O17P2/c1-8-10-11-12-13-14-15-28-38-45-52-59-66-73-89(94)102-79-87(109-92(97)76-69-62-55-48-41-34-27-26-31-37-44-51-58-65-72-85(7)9-2)81-106-110(98,99)104-77-86(93)78-105-111(100,101)107-82-88(80-103-90(95)74-67-60-53-46-39-32-24-21-20-23-30-36-43-50-57-64-71-84(5)6)108-91(96)75-68-61-54-47-40-33-25-19-17-16-18-22-29-35-42-49-56-63-70-83(3)4/h83-88,93H,8-82H2,1-7H3,(H,98,99)(H,100,101)/t85?,86-,87+,88+/m0/s1. The lowest BCUT2D eigenvalue weighted by atomic mass is 9.99. The molecule has 0 saturated heterocycles. The van der Waals surface area contributed by atoms with Crippen molar-refractivity contribution in [1.82, 2.24) is 0 Å². The third kappa shape index (κ3) is 84.3. The number of carbonyl (C=O) groups excluding carboxylic acids is 4. The van der Waals surface area contributed by atoms with E-state index in [0.717, 1.165) is 108 Å². The van der Waals surface area contributed by atoms with Crippen molar-refractivity contribution in [2.24, 2.45) is 17.8 Å². The molecule has 0 aliphatic carbocycles. The molecular weight excluding hydrogens is 1440 g/mol. The maximum Gasteiger partial charge on any atom is 0.472 e. The maximum atomic E-state index is 13.2. The number of phosphoric acid groups is 2. The van der Waals surface area contributed by atoms with E-state index in [0.29, 0.717) is 25.7 Å². The molecule has 0 aromatic carbocycles. The molecule has 0 aromatic heterocycles. The summed E-state index contributed by atoms with van der Waals surface area (Å²) in [4.78, 5) is 73.5. The fourth-order valence-corrected chi connectivity index (χ4v) is 16.0. The van der Waals surface area contributed by atoms with Gasteiger partial charge >= 0.3 is 39.5 Å². The molecule has 19 heteroatoms. The van der Waals surface area contributed by atoms with Gasteiger partial charge in [0, 0.05) is 25.7 Å². The van der Waals surface area contributed by atoms with Crippen LogP contribution in [0.5, 0.6) is 0 Å². The fraction of sp³-hybridized carbons (Fsp3) is 0.957. The zero-order valence-electron chi connectivity index (χ0n) is 73.4. The number of aliphatic hydroxyl groups is 1. The molecule has 0 bridgehead atoms. The van der Waals surface area contributed by atoms with Gasteiger partial charge in [-0.25, -0.2) is 9.13 Å². The van der Waals surface area contributed by atoms with Gasteiger partial charge in [0.1, 0.15) is 19.3 Å². The van der Waals surface area contributed by atoms with E-state index in [2.05, 4.69) is 48.5 Å². The molecule has 0 spiro atoms. The smallest absolute Gasteiger partial charge is 0.462 e. The Kier molecular flexibility index (Phi) is 80.4. The molecule has 0 amide bonds. The van der Waals surface area contributed by atoms with E-state index in [-0.39, 0.29) is 25.7 Å². The molecular formula is C92H180O17P2. The largest absolute Gasteiger partial charge is 0.472 e. The summed E-state index contributed by atoms with van der Waals surface area (Å²) in [6.45, 7) is 12.1. The third-order valence-corrected chi connectivity index (χ3v) is 23.9. The SMILES string of the molecule is CCCCCCCCCCCCCCCC(=O)OC[C@H](COP(=O)(O)OC[C@H](O)COP(=O)(O)OC[C@@H](COC(=O)CCCCCCCCCCCCCCCCCCC(C)C)OC(=O)CCCCCCCCCCCCCCCCCCCCC(C)C)OC(=O)CCCCCCCCCCCCCCCCC(C)CC. The second-order valence-corrected chi connectivity index (χ2v) is 37.2. The first kappa shape index (κ1) is 109. The van der Waals surface area contributed by atoms with Gasteiger partial charge in [-0.2, -0.15) is 0 Å². The summed E-state index contributed by atoms with van der Waals surface area (Å²) in [6.07, 6.45) is 74.9. The van der Waals surface area contributed by atoms with Crippen LogP contribution < -0.4 is 0 Å². The Balaban J connectivity index is 5.26. The second kappa shape index (κ2) is 81.8. The van der Waals surface area contributed by atoms with Gasteiger partial charge in [-0.1, -0.05) is 440 Å². The molecule has 660 valence electrons. The highest BCUT2D eigenvalue weighted by atomic mass is 31.2. The molecule has 3 unspecified atom stereocenters.